The Hall–Kier alpha value is 1.35. The van der Waals surface area contributed by atoms with Gasteiger partial charge in [0.15, 0.2) is 0 Å². The van der Waals surface area contributed by atoms with Crippen LogP contribution in [0.2, 0.25) is 5.02 Å². The minimum atomic E-state index is 0. The van der Waals surface area contributed by atoms with Crippen molar-refractivity contribution in [2.45, 2.75) is 6.92 Å². The first-order valence-corrected chi connectivity index (χ1v) is 4.86. The molecule has 2 aromatic rings. The minimum absolute atomic E-state index is 0. The Balaban J connectivity index is -0.000000422. The monoisotopic (exact) mass is 436 g/mol. The molecule has 0 aliphatic rings. The molecule has 0 fully saturated rings. The summed E-state index contributed by atoms with van der Waals surface area (Å²) in [6.07, 6.45) is 0. The SMILES string of the molecule is Cc1cc2c(Br)cc(Cl)cc2[cH-]1.[Cl-].[Cl-].[Cl-].[Zr+4]. The predicted octanol–water partition coefficient (Wildman–Crippen LogP) is -4.71. The van der Waals surface area contributed by atoms with Gasteiger partial charge in [-0.25, -0.2) is 0 Å². The summed E-state index contributed by atoms with van der Waals surface area (Å²) in [6, 6.07) is 8.18. The molecule has 0 aromatic heterocycles. The van der Waals surface area contributed by atoms with Crippen molar-refractivity contribution in [1.82, 2.24) is 0 Å². The molecule has 0 nitrogen and oxygen atoms in total. The standard InChI is InChI=1S/C10H7BrCl.3ClH.Zr/c1-6-2-7-4-8(12)5-10(11)9(7)3-6;;;;/h2-5H,1H3;3*1H;/q-1;;;;+4/p-3. The number of benzene rings is 1. The Labute approximate surface area is 146 Å². The number of hydrogen-bond acceptors (Lipinski definition) is 0. The van der Waals surface area contributed by atoms with Gasteiger partial charge in [-0.2, -0.15) is 6.07 Å². The molecule has 2 aromatic carbocycles. The fraction of sp³-hybridized carbons (Fsp3) is 0.100. The molecular formula is C10H7BrCl4Zr. The van der Waals surface area contributed by atoms with E-state index in [4.69, 9.17) is 11.6 Å². The number of aryl methyl sites for hydroxylation is 1. The van der Waals surface area contributed by atoms with E-state index >= 15 is 0 Å². The van der Waals surface area contributed by atoms with Crippen LogP contribution in [-0.4, -0.2) is 0 Å². The molecule has 0 N–H and O–H groups in total. The molecule has 0 aliphatic carbocycles. The zero-order chi connectivity index (χ0) is 8.72. The minimum Gasteiger partial charge on any atom is -1.00 e. The topological polar surface area (TPSA) is 0 Å². The van der Waals surface area contributed by atoms with Crippen molar-refractivity contribution in [3.05, 3.63) is 39.3 Å². The van der Waals surface area contributed by atoms with Gasteiger partial charge in [-0.1, -0.05) is 34.5 Å². The van der Waals surface area contributed by atoms with Crippen LogP contribution in [0.5, 0.6) is 0 Å². The number of fused-ring (bicyclic) bond motifs is 1. The molecule has 0 amide bonds. The van der Waals surface area contributed by atoms with E-state index in [1.165, 1.54) is 16.3 Å². The van der Waals surface area contributed by atoms with Gasteiger partial charge in [0.1, 0.15) is 0 Å². The third-order valence-corrected chi connectivity index (χ3v) is 2.76. The maximum absolute atomic E-state index is 5.90. The Morgan fingerprint density at radius 2 is 1.69 bits per heavy atom. The third-order valence-electron chi connectivity index (χ3n) is 1.88. The van der Waals surface area contributed by atoms with E-state index in [9.17, 15) is 0 Å². The molecule has 0 spiro atoms. The van der Waals surface area contributed by atoms with Crippen LogP contribution in [0.25, 0.3) is 10.8 Å². The van der Waals surface area contributed by atoms with Gasteiger partial charge in [-0.05, 0) is 10.5 Å². The molecule has 0 bridgehead atoms. The number of rotatable bonds is 0. The normalized spacial score (nSPS) is 8.19. The largest absolute Gasteiger partial charge is 4.00 e. The van der Waals surface area contributed by atoms with Gasteiger partial charge < -0.3 is 37.2 Å². The summed E-state index contributed by atoms with van der Waals surface area (Å²) in [5.74, 6) is 0. The Kier molecular flexibility index (Phi) is 13.1. The van der Waals surface area contributed by atoms with Crippen LogP contribution in [0.1, 0.15) is 5.56 Å². The van der Waals surface area contributed by atoms with Crippen molar-refractivity contribution < 1.29 is 63.4 Å². The van der Waals surface area contributed by atoms with Gasteiger partial charge in [-0.15, -0.1) is 28.5 Å². The molecule has 0 atom stereocenters. The van der Waals surface area contributed by atoms with Crippen molar-refractivity contribution >= 4 is 38.3 Å². The third kappa shape index (κ3) is 4.92. The van der Waals surface area contributed by atoms with Gasteiger partial charge >= 0.3 is 26.2 Å². The second-order valence-electron chi connectivity index (χ2n) is 2.92. The number of hydrogen-bond donors (Lipinski definition) is 0. The average molecular weight is 440 g/mol. The predicted molar refractivity (Wildman–Crippen MR) is 57.0 cm³/mol. The van der Waals surface area contributed by atoms with Crippen LogP contribution in [0, 0.1) is 6.92 Å². The molecule has 0 unspecified atom stereocenters. The maximum atomic E-state index is 5.90. The van der Waals surface area contributed by atoms with E-state index in [0.717, 1.165) is 9.50 Å². The van der Waals surface area contributed by atoms with Crippen LogP contribution in [0.4, 0.5) is 0 Å². The zero-order valence-electron chi connectivity index (χ0n) is 8.20. The van der Waals surface area contributed by atoms with Crippen LogP contribution < -0.4 is 37.2 Å². The van der Waals surface area contributed by atoms with E-state index in [1.807, 2.05) is 12.1 Å². The Bertz CT molecular complexity index is 442. The average Bonchev–Trinajstić information content (AvgIpc) is 2.29. The first-order chi connectivity index (χ1) is 5.66. The van der Waals surface area contributed by atoms with Crippen LogP contribution >= 0.6 is 27.5 Å². The van der Waals surface area contributed by atoms with Gasteiger partial charge in [0.2, 0.25) is 0 Å². The summed E-state index contributed by atoms with van der Waals surface area (Å²) in [5, 5.41) is 3.21. The van der Waals surface area contributed by atoms with Crippen molar-refractivity contribution in [1.29, 1.82) is 0 Å². The first-order valence-electron chi connectivity index (χ1n) is 3.69. The molecule has 0 radical (unpaired) electrons. The fourth-order valence-electron chi connectivity index (χ4n) is 1.39. The maximum Gasteiger partial charge on any atom is 4.00 e. The van der Waals surface area contributed by atoms with Crippen molar-refractivity contribution in [2.75, 3.05) is 0 Å². The first kappa shape index (κ1) is 22.5. The zero-order valence-corrected chi connectivity index (χ0v) is 15.3. The van der Waals surface area contributed by atoms with Crippen LogP contribution in [-0.2, 0) is 26.2 Å². The molecule has 0 aliphatic heterocycles. The van der Waals surface area contributed by atoms with Gasteiger partial charge in [0.25, 0.3) is 0 Å². The summed E-state index contributed by atoms with van der Waals surface area (Å²) < 4.78 is 1.07. The van der Waals surface area contributed by atoms with Gasteiger partial charge in [0.05, 0.1) is 0 Å². The van der Waals surface area contributed by atoms with E-state index < -0.39 is 0 Å². The molecule has 0 heterocycles. The summed E-state index contributed by atoms with van der Waals surface area (Å²) in [5.41, 5.74) is 1.27. The van der Waals surface area contributed by atoms with E-state index in [1.54, 1.807) is 0 Å². The van der Waals surface area contributed by atoms with Crippen molar-refractivity contribution in [3.8, 4) is 0 Å². The van der Waals surface area contributed by atoms with Crippen LogP contribution in [0.15, 0.2) is 28.7 Å². The Morgan fingerprint density at radius 1 is 1.12 bits per heavy atom. The summed E-state index contributed by atoms with van der Waals surface area (Å²) in [4.78, 5) is 0. The number of halogens is 5. The molecular weight excluding hydrogens is 433 g/mol. The molecule has 16 heavy (non-hydrogen) atoms. The van der Waals surface area contributed by atoms with E-state index in [0.29, 0.717) is 0 Å². The second kappa shape index (κ2) is 9.31. The second-order valence-corrected chi connectivity index (χ2v) is 4.21. The van der Waals surface area contributed by atoms with Crippen molar-refractivity contribution in [3.63, 3.8) is 0 Å². The fourth-order valence-corrected chi connectivity index (χ4v) is 2.34. The smallest absolute Gasteiger partial charge is 1.00 e. The molecule has 0 saturated heterocycles. The summed E-state index contributed by atoms with van der Waals surface area (Å²) in [6.45, 7) is 2.08. The van der Waals surface area contributed by atoms with Gasteiger partial charge in [-0.3, -0.25) is 0 Å². The molecule has 2 rings (SSSR count). The quantitative estimate of drug-likeness (QED) is 0.362. The molecule has 86 valence electrons. The van der Waals surface area contributed by atoms with Crippen molar-refractivity contribution in [2.24, 2.45) is 0 Å². The van der Waals surface area contributed by atoms with E-state index in [2.05, 4.69) is 35.0 Å². The van der Waals surface area contributed by atoms with Gasteiger partial charge in [0, 0.05) is 5.02 Å². The molecule has 0 saturated carbocycles. The summed E-state index contributed by atoms with van der Waals surface area (Å²) >= 11 is 9.38. The summed E-state index contributed by atoms with van der Waals surface area (Å²) in [7, 11) is 0. The Morgan fingerprint density at radius 3 is 2.25 bits per heavy atom. The van der Waals surface area contributed by atoms with E-state index in [-0.39, 0.29) is 63.4 Å². The van der Waals surface area contributed by atoms with Crippen LogP contribution in [0.3, 0.4) is 0 Å². The molecule has 6 heteroatoms.